The van der Waals surface area contributed by atoms with Crippen molar-refractivity contribution in [1.29, 1.82) is 0 Å². The van der Waals surface area contributed by atoms with Crippen LogP contribution >= 0.6 is 0 Å². The van der Waals surface area contributed by atoms with Crippen molar-refractivity contribution in [3.63, 3.8) is 0 Å². The third-order valence-corrected chi connectivity index (χ3v) is 3.30. The van der Waals surface area contributed by atoms with Gasteiger partial charge in [-0.05, 0) is 31.5 Å². The van der Waals surface area contributed by atoms with Crippen LogP contribution in [0.25, 0.3) is 0 Å². The number of furan rings is 1. The highest BCUT2D eigenvalue weighted by Gasteiger charge is 2.18. The molecule has 0 radical (unpaired) electrons. The molecule has 1 heterocycles. The third-order valence-electron chi connectivity index (χ3n) is 2.00. The van der Waals surface area contributed by atoms with Crippen LogP contribution in [0.15, 0.2) is 21.6 Å². The fourth-order valence-electron chi connectivity index (χ4n) is 0.963. The molecule has 6 heteroatoms. The van der Waals surface area contributed by atoms with Crippen molar-refractivity contribution in [3.8, 4) is 0 Å². The molecule has 0 aliphatic heterocycles. The van der Waals surface area contributed by atoms with E-state index >= 15 is 0 Å². The third kappa shape index (κ3) is 3.33. The van der Waals surface area contributed by atoms with E-state index in [2.05, 4.69) is 4.72 Å². The number of rotatable bonds is 5. The summed E-state index contributed by atoms with van der Waals surface area (Å²) in [7, 11) is -3.52. The Morgan fingerprint density at radius 1 is 1.53 bits per heavy atom. The van der Waals surface area contributed by atoms with E-state index in [1.54, 1.807) is 13.0 Å². The Labute approximate surface area is 89.7 Å². The highest BCUT2D eigenvalue weighted by Crippen LogP contribution is 2.12. The Kier molecular flexibility index (Phi) is 3.90. The lowest BCUT2D eigenvalue weighted by Gasteiger charge is -2.08. The molecule has 3 N–H and O–H groups in total. The fraction of sp³-hybridized carbons (Fsp3) is 0.556. The van der Waals surface area contributed by atoms with Gasteiger partial charge in [0, 0.05) is 6.54 Å². The Bertz CT molecular complexity index is 411. The summed E-state index contributed by atoms with van der Waals surface area (Å²) in [5.74, 6) is 0.679. The summed E-state index contributed by atoms with van der Waals surface area (Å²) < 4.78 is 30.7. The van der Waals surface area contributed by atoms with Gasteiger partial charge in [-0.15, -0.1) is 0 Å². The average molecular weight is 232 g/mol. The topological polar surface area (TPSA) is 85.3 Å². The lowest BCUT2D eigenvalue weighted by Crippen LogP contribution is -2.31. The van der Waals surface area contributed by atoms with Gasteiger partial charge in [0.1, 0.15) is 5.76 Å². The Morgan fingerprint density at radius 2 is 2.20 bits per heavy atom. The van der Waals surface area contributed by atoms with Crippen molar-refractivity contribution in [1.82, 2.24) is 4.72 Å². The van der Waals surface area contributed by atoms with Crippen molar-refractivity contribution in [2.45, 2.75) is 18.9 Å². The molecular weight excluding hydrogens is 216 g/mol. The summed E-state index contributed by atoms with van der Waals surface area (Å²) in [5.41, 5.74) is 5.39. The predicted octanol–water partition coefficient (Wildman–Crippen LogP) is 0.461. The number of sulfonamides is 1. The van der Waals surface area contributed by atoms with Crippen molar-refractivity contribution in [2.75, 3.05) is 13.1 Å². The Morgan fingerprint density at radius 3 is 2.67 bits per heavy atom. The zero-order valence-corrected chi connectivity index (χ0v) is 9.67. The molecule has 86 valence electrons. The molecule has 1 aromatic rings. The summed E-state index contributed by atoms with van der Waals surface area (Å²) in [4.78, 5) is 0. The predicted molar refractivity (Wildman–Crippen MR) is 56.9 cm³/mol. The van der Waals surface area contributed by atoms with E-state index in [-0.39, 0.29) is 11.0 Å². The van der Waals surface area contributed by atoms with Gasteiger partial charge >= 0.3 is 0 Å². The lowest BCUT2D eigenvalue weighted by molar-refractivity contribution is 0.423. The van der Waals surface area contributed by atoms with Gasteiger partial charge in [0.15, 0.2) is 0 Å². The number of hydrogen-bond acceptors (Lipinski definition) is 4. The maximum absolute atomic E-state index is 11.6. The minimum absolute atomic E-state index is 0.0516. The Balaban J connectivity index is 2.68. The van der Waals surface area contributed by atoms with Crippen LogP contribution in [-0.2, 0) is 10.0 Å². The first-order valence-corrected chi connectivity index (χ1v) is 6.20. The smallest absolute Gasteiger partial charge is 0.273 e. The minimum Gasteiger partial charge on any atom is -0.449 e. The largest absolute Gasteiger partial charge is 0.449 e. The van der Waals surface area contributed by atoms with Gasteiger partial charge in [-0.2, -0.15) is 0 Å². The molecule has 1 atom stereocenters. The first-order chi connectivity index (χ1) is 6.95. The molecule has 0 spiro atoms. The van der Waals surface area contributed by atoms with E-state index in [4.69, 9.17) is 10.2 Å². The number of nitrogens with one attached hydrogen (secondary N) is 1. The van der Waals surface area contributed by atoms with Crippen LogP contribution in [0.5, 0.6) is 0 Å². The fourth-order valence-corrected chi connectivity index (χ4v) is 2.10. The molecule has 0 amide bonds. The molecule has 0 aliphatic carbocycles. The van der Waals surface area contributed by atoms with E-state index in [1.165, 1.54) is 6.07 Å². The minimum atomic E-state index is -3.52. The highest BCUT2D eigenvalue weighted by atomic mass is 32.2. The van der Waals surface area contributed by atoms with E-state index < -0.39 is 10.0 Å². The maximum Gasteiger partial charge on any atom is 0.273 e. The van der Waals surface area contributed by atoms with Crippen LogP contribution in [0.4, 0.5) is 0 Å². The van der Waals surface area contributed by atoms with Crippen molar-refractivity contribution >= 4 is 10.0 Å². The van der Waals surface area contributed by atoms with Crippen LogP contribution < -0.4 is 10.5 Å². The van der Waals surface area contributed by atoms with Gasteiger partial charge in [-0.3, -0.25) is 0 Å². The number of aryl methyl sites for hydroxylation is 1. The van der Waals surface area contributed by atoms with Crippen LogP contribution in [0.1, 0.15) is 12.7 Å². The number of nitrogens with two attached hydrogens (primary N) is 1. The van der Waals surface area contributed by atoms with E-state index in [1.807, 2.05) is 6.92 Å². The van der Waals surface area contributed by atoms with Crippen molar-refractivity contribution in [2.24, 2.45) is 11.7 Å². The summed E-state index contributed by atoms with van der Waals surface area (Å²) in [5, 5.41) is -0.0516. The monoisotopic (exact) mass is 232 g/mol. The normalized spacial score (nSPS) is 14.1. The lowest BCUT2D eigenvalue weighted by atomic mass is 10.2. The molecule has 1 aromatic heterocycles. The second-order valence-corrected chi connectivity index (χ2v) is 5.26. The van der Waals surface area contributed by atoms with Gasteiger partial charge in [0.25, 0.3) is 10.0 Å². The van der Waals surface area contributed by atoms with E-state index in [9.17, 15) is 8.42 Å². The van der Waals surface area contributed by atoms with Crippen molar-refractivity contribution < 1.29 is 12.8 Å². The first-order valence-electron chi connectivity index (χ1n) is 4.72. The van der Waals surface area contributed by atoms with Crippen LogP contribution in [0.3, 0.4) is 0 Å². The SMILES string of the molecule is Cc1ccc(S(=O)(=O)NCC(C)CN)o1. The molecule has 15 heavy (non-hydrogen) atoms. The van der Waals surface area contributed by atoms with Crippen LogP contribution in [0, 0.1) is 12.8 Å². The van der Waals surface area contributed by atoms with Gasteiger partial charge in [0.2, 0.25) is 5.09 Å². The van der Waals surface area contributed by atoms with Gasteiger partial charge < -0.3 is 10.2 Å². The summed E-state index contributed by atoms with van der Waals surface area (Å²) >= 11 is 0. The van der Waals surface area contributed by atoms with E-state index in [0.717, 1.165) is 0 Å². The summed E-state index contributed by atoms with van der Waals surface area (Å²) in [6, 6.07) is 3.05. The summed E-state index contributed by atoms with van der Waals surface area (Å²) in [6.07, 6.45) is 0. The molecule has 0 fully saturated rings. The second kappa shape index (κ2) is 4.78. The standard InChI is InChI=1S/C9H16N2O3S/c1-7(5-10)6-11-15(12,13)9-4-3-8(2)14-9/h3-4,7,11H,5-6,10H2,1-2H3. The summed E-state index contributed by atoms with van der Waals surface area (Å²) in [6.45, 7) is 4.33. The molecule has 0 aliphatic rings. The average Bonchev–Trinajstić information content (AvgIpc) is 2.62. The van der Waals surface area contributed by atoms with Crippen LogP contribution in [-0.4, -0.2) is 21.5 Å². The van der Waals surface area contributed by atoms with Gasteiger partial charge in [-0.25, -0.2) is 13.1 Å². The van der Waals surface area contributed by atoms with Crippen LogP contribution in [0.2, 0.25) is 0 Å². The highest BCUT2D eigenvalue weighted by molar-refractivity contribution is 7.89. The molecule has 5 nitrogen and oxygen atoms in total. The maximum atomic E-state index is 11.6. The molecular formula is C9H16N2O3S. The molecule has 0 saturated heterocycles. The first kappa shape index (κ1) is 12.2. The Hall–Kier alpha value is -0.850. The molecule has 0 bridgehead atoms. The molecule has 0 saturated carbocycles. The zero-order chi connectivity index (χ0) is 11.5. The molecule has 1 unspecified atom stereocenters. The van der Waals surface area contributed by atoms with Gasteiger partial charge in [-0.1, -0.05) is 6.92 Å². The quantitative estimate of drug-likeness (QED) is 0.772. The van der Waals surface area contributed by atoms with Crippen molar-refractivity contribution in [3.05, 3.63) is 17.9 Å². The van der Waals surface area contributed by atoms with E-state index in [0.29, 0.717) is 18.8 Å². The second-order valence-electron chi connectivity index (χ2n) is 3.56. The number of hydrogen-bond donors (Lipinski definition) is 2. The zero-order valence-electron chi connectivity index (χ0n) is 8.86. The molecule has 0 aromatic carbocycles. The molecule has 1 rings (SSSR count). The van der Waals surface area contributed by atoms with Gasteiger partial charge in [0.05, 0.1) is 0 Å².